The van der Waals surface area contributed by atoms with E-state index >= 15 is 0 Å². The van der Waals surface area contributed by atoms with Crippen molar-refractivity contribution in [3.8, 4) is 22.8 Å². The summed E-state index contributed by atoms with van der Waals surface area (Å²) in [6, 6.07) is 4.98. The van der Waals surface area contributed by atoms with Gasteiger partial charge in [0.1, 0.15) is 0 Å². The first-order valence-electron chi connectivity index (χ1n) is 8.21. The van der Waals surface area contributed by atoms with Gasteiger partial charge < -0.3 is 14.8 Å². The first-order valence-corrected chi connectivity index (χ1v) is 10.9. The maximum absolute atomic E-state index is 12.2. The third-order valence-electron chi connectivity index (χ3n) is 4.32. The molecule has 0 spiro atoms. The molecular formula is C17H21N3O5S2. The molecule has 0 aliphatic carbocycles. The topological polar surface area (TPSA) is 107 Å². The van der Waals surface area contributed by atoms with Crippen LogP contribution in [0.25, 0.3) is 11.3 Å². The van der Waals surface area contributed by atoms with Gasteiger partial charge in [0.05, 0.1) is 37.0 Å². The van der Waals surface area contributed by atoms with Crippen LogP contribution in [-0.4, -0.2) is 50.7 Å². The minimum atomic E-state index is -3.09. The number of carbonyl (C=O) groups is 1. The van der Waals surface area contributed by atoms with Crippen LogP contribution in [0.1, 0.15) is 13.3 Å². The van der Waals surface area contributed by atoms with E-state index in [-0.39, 0.29) is 11.5 Å². The van der Waals surface area contributed by atoms with Crippen molar-refractivity contribution in [1.29, 1.82) is 0 Å². The van der Waals surface area contributed by atoms with Crippen molar-refractivity contribution in [3.05, 3.63) is 23.6 Å². The summed E-state index contributed by atoms with van der Waals surface area (Å²) in [7, 11) is 0.0315. The number of ether oxygens (including phenoxy) is 2. The summed E-state index contributed by atoms with van der Waals surface area (Å²) >= 11 is 1.28. The lowest BCUT2D eigenvalue weighted by atomic mass is 10.0. The summed E-state index contributed by atoms with van der Waals surface area (Å²) in [5, 5.41) is 7.65. The zero-order chi connectivity index (χ0) is 19.7. The molecule has 1 atom stereocenters. The summed E-state index contributed by atoms with van der Waals surface area (Å²) in [5.41, 5.74) is 0.754. The number of thiazole rings is 1. The number of hydrogen-bond acceptors (Lipinski definition) is 7. The summed E-state index contributed by atoms with van der Waals surface area (Å²) in [6.45, 7) is 1.73. The Bertz CT molecular complexity index is 957. The SMILES string of the molecule is COc1ccc(-c2csc(NC(=O)N[C@]3(C)CCS(=O)(=O)C3)n2)cc1OC. The van der Waals surface area contributed by atoms with Gasteiger partial charge in [-0.3, -0.25) is 5.32 Å². The Morgan fingerprint density at radius 3 is 2.63 bits per heavy atom. The maximum Gasteiger partial charge on any atom is 0.321 e. The van der Waals surface area contributed by atoms with E-state index in [1.54, 1.807) is 27.2 Å². The largest absolute Gasteiger partial charge is 0.493 e. The number of nitrogens with one attached hydrogen (secondary N) is 2. The van der Waals surface area contributed by atoms with Crippen molar-refractivity contribution >= 4 is 32.3 Å². The van der Waals surface area contributed by atoms with Gasteiger partial charge in [-0.2, -0.15) is 0 Å². The summed E-state index contributed by atoms with van der Waals surface area (Å²) in [4.78, 5) is 16.6. The van der Waals surface area contributed by atoms with E-state index < -0.39 is 21.4 Å². The quantitative estimate of drug-likeness (QED) is 0.783. The molecule has 0 bridgehead atoms. The Morgan fingerprint density at radius 1 is 1.26 bits per heavy atom. The van der Waals surface area contributed by atoms with Crippen LogP contribution in [0, 0.1) is 0 Å². The molecule has 3 rings (SSSR count). The Kier molecular flexibility index (Phi) is 5.29. The van der Waals surface area contributed by atoms with Gasteiger partial charge in [0.25, 0.3) is 0 Å². The molecule has 1 saturated heterocycles. The first kappa shape index (κ1) is 19.4. The van der Waals surface area contributed by atoms with Crippen LogP contribution < -0.4 is 20.1 Å². The maximum atomic E-state index is 12.2. The van der Waals surface area contributed by atoms with Gasteiger partial charge in [0.15, 0.2) is 26.5 Å². The second-order valence-electron chi connectivity index (χ2n) is 6.59. The number of methoxy groups -OCH3 is 2. The molecule has 0 radical (unpaired) electrons. The minimum Gasteiger partial charge on any atom is -0.493 e. The Labute approximate surface area is 161 Å². The fraction of sp³-hybridized carbons (Fsp3) is 0.412. The van der Waals surface area contributed by atoms with Crippen molar-refractivity contribution in [3.63, 3.8) is 0 Å². The molecule has 1 aromatic carbocycles. The number of amides is 2. The number of sulfone groups is 1. The number of nitrogens with zero attached hydrogens (tertiary/aromatic N) is 1. The zero-order valence-corrected chi connectivity index (χ0v) is 16.9. The molecule has 2 amide bonds. The molecule has 1 fully saturated rings. The molecule has 1 aromatic heterocycles. The average Bonchev–Trinajstić information content (AvgIpc) is 3.17. The Morgan fingerprint density at radius 2 is 2.00 bits per heavy atom. The van der Waals surface area contributed by atoms with Crippen LogP contribution >= 0.6 is 11.3 Å². The Hall–Kier alpha value is -2.33. The lowest BCUT2D eigenvalue weighted by Crippen LogP contribution is -2.48. The molecule has 146 valence electrons. The normalized spacial score (nSPS) is 20.9. The molecule has 2 heterocycles. The smallest absolute Gasteiger partial charge is 0.321 e. The highest BCUT2D eigenvalue weighted by atomic mass is 32.2. The highest BCUT2D eigenvalue weighted by Gasteiger charge is 2.39. The molecular weight excluding hydrogens is 390 g/mol. The lowest BCUT2D eigenvalue weighted by Gasteiger charge is -2.23. The number of carbonyl (C=O) groups excluding carboxylic acids is 1. The van der Waals surface area contributed by atoms with Crippen LogP contribution in [0.5, 0.6) is 11.5 Å². The molecule has 2 N–H and O–H groups in total. The minimum absolute atomic E-state index is 0.0534. The molecule has 1 aliphatic heterocycles. The Balaban J connectivity index is 1.68. The third kappa shape index (κ3) is 4.51. The van der Waals surface area contributed by atoms with E-state index in [4.69, 9.17) is 9.47 Å². The van der Waals surface area contributed by atoms with E-state index in [9.17, 15) is 13.2 Å². The highest BCUT2D eigenvalue weighted by Crippen LogP contribution is 2.33. The molecule has 10 heteroatoms. The fourth-order valence-electron chi connectivity index (χ4n) is 2.97. The number of hydrogen-bond donors (Lipinski definition) is 2. The number of rotatable bonds is 5. The van der Waals surface area contributed by atoms with Crippen LogP contribution in [0.4, 0.5) is 9.93 Å². The first-order chi connectivity index (χ1) is 12.7. The van der Waals surface area contributed by atoms with Crippen molar-refractivity contribution in [2.24, 2.45) is 0 Å². The van der Waals surface area contributed by atoms with Crippen molar-refractivity contribution in [1.82, 2.24) is 10.3 Å². The van der Waals surface area contributed by atoms with Gasteiger partial charge in [0, 0.05) is 10.9 Å². The van der Waals surface area contributed by atoms with Gasteiger partial charge in [0.2, 0.25) is 0 Å². The predicted molar refractivity (Wildman–Crippen MR) is 104 cm³/mol. The van der Waals surface area contributed by atoms with E-state index in [1.807, 2.05) is 17.5 Å². The molecule has 0 saturated carbocycles. The third-order valence-corrected chi connectivity index (χ3v) is 6.98. The predicted octanol–water partition coefficient (Wildman–Crippen LogP) is 2.53. The number of aromatic nitrogens is 1. The molecule has 27 heavy (non-hydrogen) atoms. The van der Waals surface area contributed by atoms with E-state index in [2.05, 4.69) is 15.6 Å². The number of urea groups is 1. The van der Waals surface area contributed by atoms with Gasteiger partial charge in [-0.15, -0.1) is 11.3 Å². The number of benzene rings is 1. The molecule has 1 aliphatic rings. The van der Waals surface area contributed by atoms with Gasteiger partial charge in [-0.25, -0.2) is 18.2 Å². The zero-order valence-electron chi connectivity index (χ0n) is 15.2. The fourth-order valence-corrected chi connectivity index (χ4v) is 5.78. The lowest BCUT2D eigenvalue weighted by molar-refractivity contribution is 0.242. The monoisotopic (exact) mass is 411 g/mol. The second kappa shape index (κ2) is 7.35. The highest BCUT2D eigenvalue weighted by molar-refractivity contribution is 7.91. The molecule has 8 nitrogen and oxygen atoms in total. The van der Waals surface area contributed by atoms with Gasteiger partial charge in [-0.05, 0) is 31.5 Å². The van der Waals surface area contributed by atoms with Crippen LogP contribution in [0.3, 0.4) is 0 Å². The average molecular weight is 412 g/mol. The van der Waals surface area contributed by atoms with E-state index in [0.717, 1.165) is 5.56 Å². The summed E-state index contributed by atoms with van der Waals surface area (Å²) in [5.74, 6) is 1.24. The second-order valence-corrected chi connectivity index (χ2v) is 9.63. The number of anilines is 1. The van der Waals surface area contributed by atoms with Crippen molar-refractivity contribution in [2.75, 3.05) is 31.0 Å². The molecule has 0 unspecified atom stereocenters. The van der Waals surface area contributed by atoms with Gasteiger partial charge in [-0.1, -0.05) is 0 Å². The standard InChI is InChI=1S/C17H21N3O5S2/c1-17(6-7-27(22,23)10-17)20-15(21)19-16-18-12(9-26-16)11-4-5-13(24-2)14(8-11)25-3/h4-5,8-9H,6-7,10H2,1-3H3,(H2,18,19,20,21)/t17-/m1/s1. The van der Waals surface area contributed by atoms with Crippen molar-refractivity contribution in [2.45, 2.75) is 18.9 Å². The van der Waals surface area contributed by atoms with E-state index in [0.29, 0.717) is 28.7 Å². The van der Waals surface area contributed by atoms with Crippen LogP contribution in [0.2, 0.25) is 0 Å². The van der Waals surface area contributed by atoms with Crippen molar-refractivity contribution < 1.29 is 22.7 Å². The summed E-state index contributed by atoms with van der Waals surface area (Å²) in [6.07, 6.45) is 0.400. The van der Waals surface area contributed by atoms with E-state index in [1.165, 1.54) is 11.3 Å². The van der Waals surface area contributed by atoms with Crippen LogP contribution in [-0.2, 0) is 9.84 Å². The van der Waals surface area contributed by atoms with Gasteiger partial charge >= 0.3 is 6.03 Å². The summed E-state index contributed by atoms with van der Waals surface area (Å²) < 4.78 is 33.8. The molecule has 2 aromatic rings. The van der Waals surface area contributed by atoms with Crippen LogP contribution in [0.15, 0.2) is 23.6 Å².